The van der Waals surface area contributed by atoms with Crippen molar-refractivity contribution >= 4 is 46.2 Å². The first-order valence-corrected chi connectivity index (χ1v) is 12.9. The maximum Gasteiger partial charge on any atom is 0.226 e. The molecule has 0 radical (unpaired) electrons. The second-order valence-electron chi connectivity index (χ2n) is 9.35. The van der Waals surface area contributed by atoms with E-state index in [1.165, 1.54) is 0 Å². The molecule has 188 valence electrons. The maximum absolute atomic E-state index is 12.3. The van der Waals surface area contributed by atoms with E-state index in [-0.39, 0.29) is 23.9 Å². The number of hydrogen-bond donors (Lipinski definition) is 2. The number of pyridine rings is 1. The van der Waals surface area contributed by atoms with Gasteiger partial charge in [0.25, 0.3) is 0 Å². The van der Waals surface area contributed by atoms with Crippen molar-refractivity contribution in [1.82, 2.24) is 10.3 Å². The molecule has 1 amide bonds. The number of aromatic nitrogens is 1. The van der Waals surface area contributed by atoms with Gasteiger partial charge in [-0.15, -0.1) is 0 Å². The summed E-state index contributed by atoms with van der Waals surface area (Å²) in [6.07, 6.45) is 1.78. The number of halogens is 1. The van der Waals surface area contributed by atoms with E-state index in [1.807, 2.05) is 93.6 Å². The average molecular weight is 531 g/mol. The smallest absolute Gasteiger partial charge is 0.226 e. The summed E-state index contributed by atoms with van der Waals surface area (Å²) in [7, 11) is 0. The molecule has 0 aliphatic carbocycles. The molecule has 0 spiro atoms. The number of benzene rings is 2. The summed E-state index contributed by atoms with van der Waals surface area (Å²) < 4.78 is 6.41. The highest BCUT2D eigenvalue weighted by atomic mass is 35.5. The van der Waals surface area contributed by atoms with Gasteiger partial charge in [0.2, 0.25) is 5.91 Å². The lowest BCUT2D eigenvalue weighted by molar-refractivity contribution is -0.118. The Hall–Kier alpha value is -3.68. The van der Waals surface area contributed by atoms with Crippen LogP contribution in [0.2, 0.25) is 5.02 Å². The first-order chi connectivity index (χ1) is 17.8. The van der Waals surface area contributed by atoms with Gasteiger partial charge < -0.3 is 20.0 Å². The van der Waals surface area contributed by atoms with Crippen LogP contribution < -0.4 is 15.5 Å². The number of rotatable bonds is 6. The number of amides is 1. The molecule has 4 aromatic rings. The van der Waals surface area contributed by atoms with Crippen molar-refractivity contribution in [3.8, 4) is 11.3 Å². The van der Waals surface area contributed by atoms with E-state index in [9.17, 15) is 4.79 Å². The van der Waals surface area contributed by atoms with E-state index >= 15 is 0 Å². The third kappa shape index (κ3) is 5.10. The molecule has 1 aliphatic rings. The van der Waals surface area contributed by atoms with Gasteiger partial charge in [-0.3, -0.25) is 9.78 Å². The van der Waals surface area contributed by atoms with Crippen LogP contribution in [0.3, 0.4) is 0 Å². The Morgan fingerprint density at radius 3 is 2.57 bits per heavy atom. The topological polar surface area (TPSA) is 70.4 Å². The van der Waals surface area contributed by atoms with Crippen LogP contribution in [-0.2, 0) is 4.79 Å². The predicted octanol–water partition coefficient (Wildman–Crippen LogP) is 7.08. The van der Waals surface area contributed by atoms with Gasteiger partial charge in [0.15, 0.2) is 5.11 Å². The van der Waals surface area contributed by atoms with Gasteiger partial charge in [-0.25, -0.2) is 0 Å². The molecule has 2 aromatic heterocycles. The summed E-state index contributed by atoms with van der Waals surface area (Å²) >= 11 is 11.9. The zero-order chi connectivity index (χ0) is 26.1. The van der Waals surface area contributed by atoms with Crippen LogP contribution in [0.25, 0.3) is 11.3 Å². The molecule has 0 unspecified atom stereocenters. The molecular formula is C29H27ClN4O2S. The van der Waals surface area contributed by atoms with Gasteiger partial charge in [0, 0.05) is 34.1 Å². The summed E-state index contributed by atoms with van der Waals surface area (Å²) in [6, 6.07) is 22.7. The van der Waals surface area contributed by atoms with Gasteiger partial charge in [-0.05, 0) is 91.4 Å². The second-order valence-corrected chi connectivity index (χ2v) is 10.2. The second kappa shape index (κ2) is 10.4. The van der Waals surface area contributed by atoms with Crippen LogP contribution in [0.15, 0.2) is 83.4 Å². The summed E-state index contributed by atoms with van der Waals surface area (Å²) in [4.78, 5) is 18.9. The summed E-state index contributed by atoms with van der Waals surface area (Å²) in [5.41, 5.74) is 4.41. The minimum Gasteiger partial charge on any atom is -0.459 e. The van der Waals surface area contributed by atoms with E-state index in [0.29, 0.717) is 10.1 Å². The van der Waals surface area contributed by atoms with Gasteiger partial charge in [0.05, 0.1) is 11.7 Å². The first-order valence-electron chi connectivity index (χ1n) is 12.1. The molecule has 2 aromatic carbocycles. The van der Waals surface area contributed by atoms with E-state index in [1.54, 1.807) is 6.20 Å². The minimum absolute atomic E-state index is 0.0207. The van der Waals surface area contributed by atoms with E-state index in [0.717, 1.165) is 39.7 Å². The molecule has 6 nitrogen and oxygen atoms in total. The highest BCUT2D eigenvalue weighted by molar-refractivity contribution is 7.80. The Morgan fingerprint density at radius 1 is 1.11 bits per heavy atom. The predicted molar refractivity (Wildman–Crippen MR) is 152 cm³/mol. The number of anilines is 2. The van der Waals surface area contributed by atoms with Crippen molar-refractivity contribution < 1.29 is 9.21 Å². The number of carbonyl (C=O) groups is 1. The van der Waals surface area contributed by atoms with Crippen molar-refractivity contribution in [3.63, 3.8) is 0 Å². The lowest BCUT2D eigenvalue weighted by Crippen LogP contribution is -2.29. The van der Waals surface area contributed by atoms with Crippen LogP contribution in [0.5, 0.6) is 0 Å². The number of nitrogens with one attached hydrogen (secondary N) is 2. The Kier molecular flexibility index (Phi) is 7.00. The lowest BCUT2D eigenvalue weighted by atomic mass is 10.0. The Labute approximate surface area is 226 Å². The van der Waals surface area contributed by atoms with Crippen molar-refractivity contribution in [2.45, 2.75) is 32.9 Å². The fourth-order valence-electron chi connectivity index (χ4n) is 4.42. The monoisotopic (exact) mass is 530 g/mol. The van der Waals surface area contributed by atoms with Crippen molar-refractivity contribution in [2.24, 2.45) is 5.92 Å². The Morgan fingerprint density at radius 2 is 1.89 bits per heavy atom. The summed E-state index contributed by atoms with van der Waals surface area (Å²) in [5.74, 6) is 1.37. The van der Waals surface area contributed by atoms with Crippen LogP contribution >= 0.6 is 23.8 Å². The van der Waals surface area contributed by atoms with Crippen LogP contribution in [0.4, 0.5) is 11.4 Å². The molecule has 2 N–H and O–H groups in total. The third-order valence-electron chi connectivity index (χ3n) is 6.42. The molecule has 3 heterocycles. The molecule has 2 atom stereocenters. The van der Waals surface area contributed by atoms with Crippen LogP contribution in [0, 0.1) is 12.8 Å². The minimum atomic E-state index is -0.279. The molecule has 1 aliphatic heterocycles. The standard InChI is InChI=1S/C29H27ClN4O2S/c1-17(2)28(35)32-22-12-11-21(16-18(22)3)34-27(26(33-29(34)37)23-6-4-5-15-31-23)25-14-13-24(36-25)19-7-9-20(30)10-8-19/h4-17,26-27H,1-3H3,(H,32,35)(H,33,37)/t26-,27-/m0/s1. The molecule has 1 saturated heterocycles. The normalized spacial score (nSPS) is 17.2. The fraction of sp³-hybridized carbons (Fsp3) is 0.207. The van der Waals surface area contributed by atoms with Crippen LogP contribution in [0.1, 0.15) is 42.9 Å². The van der Waals surface area contributed by atoms with Gasteiger partial charge >= 0.3 is 0 Å². The van der Waals surface area contributed by atoms with Crippen molar-refractivity contribution in [2.75, 3.05) is 10.2 Å². The molecule has 1 fully saturated rings. The molecule has 0 saturated carbocycles. The third-order valence-corrected chi connectivity index (χ3v) is 6.98. The highest BCUT2D eigenvalue weighted by Crippen LogP contribution is 2.43. The van der Waals surface area contributed by atoms with Crippen LogP contribution in [-0.4, -0.2) is 16.0 Å². The molecule has 37 heavy (non-hydrogen) atoms. The number of carbonyl (C=O) groups excluding carboxylic acids is 1. The summed E-state index contributed by atoms with van der Waals surface area (Å²) in [5, 5.41) is 7.70. The SMILES string of the molecule is Cc1cc(N2C(=S)N[C@@H](c3ccccn3)[C@@H]2c2ccc(-c3ccc(Cl)cc3)o2)ccc1NC(=O)C(C)C. The number of furan rings is 1. The van der Waals surface area contributed by atoms with E-state index in [4.69, 9.17) is 28.2 Å². The fourth-order valence-corrected chi connectivity index (χ4v) is 4.89. The number of nitrogens with zero attached hydrogens (tertiary/aromatic N) is 2. The molecule has 5 rings (SSSR count). The molecular weight excluding hydrogens is 504 g/mol. The zero-order valence-corrected chi connectivity index (χ0v) is 22.3. The number of hydrogen-bond acceptors (Lipinski definition) is 4. The maximum atomic E-state index is 12.3. The lowest BCUT2D eigenvalue weighted by Gasteiger charge is -2.27. The number of thiocarbonyl (C=S) groups is 1. The van der Waals surface area contributed by atoms with E-state index < -0.39 is 0 Å². The zero-order valence-electron chi connectivity index (χ0n) is 20.7. The van der Waals surface area contributed by atoms with Gasteiger partial charge in [0.1, 0.15) is 17.6 Å². The largest absolute Gasteiger partial charge is 0.459 e. The Bertz CT molecular complexity index is 1440. The van der Waals surface area contributed by atoms with Gasteiger partial charge in [-0.1, -0.05) is 31.5 Å². The Balaban J connectivity index is 1.54. The highest BCUT2D eigenvalue weighted by Gasteiger charge is 2.42. The molecule has 8 heteroatoms. The van der Waals surface area contributed by atoms with Gasteiger partial charge in [-0.2, -0.15) is 0 Å². The average Bonchev–Trinajstić information content (AvgIpc) is 3.51. The summed E-state index contributed by atoms with van der Waals surface area (Å²) in [6.45, 7) is 5.72. The molecule has 0 bridgehead atoms. The quantitative estimate of drug-likeness (QED) is 0.260. The number of aryl methyl sites for hydroxylation is 1. The van der Waals surface area contributed by atoms with Crippen molar-refractivity contribution in [3.05, 3.63) is 101 Å². The van der Waals surface area contributed by atoms with E-state index in [2.05, 4.69) is 20.5 Å². The first kappa shape index (κ1) is 25.0. The van der Waals surface area contributed by atoms with Crippen molar-refractivity contribution in [1.29, 1.82) is 0 Å².